The molecule has 0 rings (SSSR count). The summed E-state index contributed by atoms with van der Waals surface area (Å²) in [6, 6.07) is 0.974. The highest BCUT2D eigenvalue weighted by molar-refractivity contribution is 6.60. The first-order valence-electron chi connectivity index (χ1n) is 15.2. The van der Waals surface area contributed by atoms with Gasteiger partial charge in [0.05, 0.1) is 0 Å². The number of unbranched alkanes of at least 4 members (excludes halogenated alkanes) is 20. The molecule has 0 N–H and O–H groups in total. The molecule has 0 radical (unpaired) electrons. The Morgan fingerprint density at radius 3 is 0.818 bits per heavy atom. The summed E-state index contributed by atoms with van der Waals surface area (Å²) in [5.41, 5.74) is 0. The van der Waals surface area contributed by atoms with Crippen molar-refractivity contribution in [2.45, 2.75) is 169 Å². The van der Waals surface area contributed by atoms with E-state index in [4.69, 9.17) is 13.3 Å². The molecule has 0 aromatic heterocycles. The zero-order chi connectivity index (χ0) is 24.3. The van der Waals surface area contributed by atoms with Gasteiger partial charge < -0.3 is 13.3 Å². The van der Waals surface area contributed by atoms with Crippen LogP contribution in [0.5, 0.6) is 0 Å². The fraction of sp³-hybridized carbons (Fsp3) is 1.00. The first-order valence-corrected chi connectivity index (χ1v) is 17.1. The molecule has 0 aliphatic carbocycles. The molecule has 0 fully saturated rings. The minimum Gasteiger partial charge on any atom is -0.374 e. The molecule has 0 saturated heterocycles. The molecule has 0 aromatic carbocycles. The van der Waals surface area contributed by atoms with E-state index >= 15 is 0 Å². The lowest BCUT2D eigenvalue weighted by Gasteiger charge is -2.28. The molecule has 0 amide bonds. The van der Waals surface area contributed by atoms with Crippen LogP contribution in [-0.4, -0.2) is 28.6 Å². The molecule has 0 aromatic rings. The molecule has 3 nitrogen and oxygen atoms in total. The van der Waals surface area contributed by atoms with Crippen molar-refractivity contribution in [3.8, 4) is 0 Å². The van der Waals surface area contributed by atoms with E-state index in [9.17, 15) is 0 Å². The monoisotopic (exact) mass is 486 g/mol. The van der Waals surface area contributed by atoms with Crippen LogP contribution in [0, 0.1) is 0 Å². The van der Waals surface area contributed by atoms with Crippen LogP contribution >= 0.6 is 0 Å². The van der Waals surface area contributed by atoms with Crippen molar-refractivity contribution >= 4 is 8.80 Å². The Bertz CT molecular complexity index is 348. The maximum absolute atomic E-state index is 5.95. The molecule has 0 aliphatic rings. The van der Waals surface area contributed by atoms with E-state index in [2.05, 4.69) is 6.92 Å². The van der Waals surface area contributed by atoms with Gasteiger partial charge >= 0.3 is 8.80 Å². The van der Waals surface area contributed by atoms with Gasteiger partial charge in [0, 0.05) is 25.9 Å². The lowest BCUT2D eigenvalue weighted by molar-refractivity contribution is 0.0706. The van der Waals surface area contributed by atoms with Gasteiger partial charge in [0.2, 0.25) is 0 Å². The summed E-state index contributed by atoms with van der Waals surface area (Å²) in [4.78, 5) is 0. The van der Waals surface area contributed by atoms with Crippen LogP contribution < -0.4 is 0 Å². The lowest BCUT2D eigenvalue weighted by atomic mass is 10.0. The van der Waals surface area contributed by atoms with Crippen molar-refractivity contribution in [1.29, 1.82) is 0 Å². The first-order chi connectivity index (χ1) is 16.2. The highest BCUT2D eigenvalue weighted by Gasteiger charge is 2.39. The van der Waals surface area contributed by atoms with E-state index in [0.29, 0.717) is 19.8 Å². The van der Waals surface area contributed by atoms with E-state index in [1.807, 2.05) is 20.8 Å². The Morgan fingerprint density at radius 2 is 0.576 bits per heavy atom. The van der Waals surface area contributed by atoms with Crippen LogP contribution in [0.15, 0.2) is 0 Å². The summed E-state index contributed by atoms with van der Waals surface area (Å²) in [5, 5.41) is 0. The van der Waals surface area contributed by atoms with Gasteiger partial charge in [-0.3, -0.25) is 0 Å². The molecular formula is C29H62O3Si. The van der Waals surface area contributed by atoms with Crippen molar-refractivity contribution in [3.63, 3.8) is 0 Å². The van der Waals surface area contributed by atoms with Gasteiger partial charge in [-0.2, -0.15) is 0 Å². The van der Waals surface area contributed by atoms with Gasteiger partial charge in [-0.25, -0.2) is 0 Å². The third-order valence-corrected chi connectivity index (χ3v) is 9.83. The summed E-state index contributed by atoms with van der Waals surface area (Å²) in [5.74, 6) is 0. The van der Waals surface area contributed by atoms with Crippen LogP contribution in [0.3, 0.4) is 0 Å². The van der Waals surface area contributed by atoms with Gasteiger partial charge in [-0.1, -0.05) is 135 Å². The standard InChI is InChI=1S/C29H62O3Si/c1-5-9-10-11-12-13-14-15-16-17-18-19-20-21-22-23-24-25-26-27-28-29-33(30-6-2,31-7-3)32-8-4/h5-29H2,1-4H3. The second-order valence-electron chi connectivity index (χ2n) is 9.80. The molecule has 0 spiro atoms. The highest BCUT2D eigenvalue weighted by atomic mass is 28.4. The number of rotatable bonds is 28. The molecule has 0 saturated carbocycles. The topological polar surface area (TPSA) is 27.7 Å². The zero-order valence-corrected chi connectivity index (χ0v) is 24.4. The van der Waals surface area contributed by atoms with Gasteiger partial charge in [-0.15, -0.1) is 0 Å². The van der Waals surface area contributed by atoms with Crippen LogP contribution in [-0.2, 0) is 13.3 Å². The lowest BCUT2D eigenvalue weighted by Crippen LogP contribution is -2.45. The molecule has 0 heterocycles. The highest BCUT2D eigenvalue weighted by Crippen LogP contribution is 2.21. The fourth-order valence-corrected chi connectivity index (χ4v) is 7.46. The van der Waals surface area contributed by atoms with Gasteiger partial charge in [0.15, 0.2) is 0 Å². The van der Waals surface area contributed by atoms with Crippen molar-refractivity contribution in [2.75, 3.05) is 19.8 Å². The molecule has 0 aliphatic heterocycles. The van der Waals surface area contributed by atoms with Crippen LogP contribution in [0.2, 0.25) is 6.04 Å². The van der Waals surface area contributed by atoms with Crippen molar-refractivity contribution in [3.05, 3.63) is 0 Å². The minimum atomic E-state index is -2.41. The molecule has 0 unspecified atom stereocenters. The fourth-order valence-electron chi connectivity index (χ4n) is 4.77. The second-order valence-corrected chi connectivity index (χ2v) is 12.5. The molecule has 200 valence electrons. The van der Waals surface area contributed by atoms with E-state index in [0.717, 1.165) is 6.04 Å². The Kier molecular flexibility index (Phi) is 26.8. The van der Waals surface area contributed by atoms with Gasteiger partial charge in [0.1, 0.15) is 0 Å². The number of hydrogen-bond donors (Lipinski definition) is 0. The molecule has 0 bridgehead atoms. The first kappa shape index (κ1) is 33.1. The second kappa shape index (κ2) is 26.7. The minimum absolute atomic E-state index is 0.686. The third kappa shape index (κ3) is 22.3. The molecule has 33 heavy (non-hydrogen) atoms. The van der Waals surface area contributed by atoms with E-state index in [-0.39, 0.29) is 0 Å². The molecule has 0 atom stereocenters. The SMILES string of the molecule is CCCCCCCCCCCCCCCCCCCCCCC[Si](OCC)(OCC)OCC. The molecular weight excluding hydrogens is 424 g/mol. The third-order valence-electron chi connectivity index (χ3n) is 6.68. The zero-order valence-electron chi connectivity index (χ0n) is 23.4. The quantitative estimate of drug-likeness (QED) is 0.0813. The predicted molar refractivity (Wildman–Crippen MR) is 148 cm³/mol. The predicted octanol–water partition coefficient (Wildman–Crippen LogP) is 10.2. The summed E-state index contributed by atoms with van der Waals surface area (Å²) >= 11 is 0. The van der Waals surface area contributed by atoms with Crippen molar-refractivity contribution in [1.82, 2.24) is 0 Å². The van der Waals surface area contributed by atoms with Crippen LogP contribution in [0.4, 0.5) is 0 Å². The normalized spacial score (nSPS) is 12.0. The summed E-state index contributed by atoms with van der Waals surface area (Å²) < 4.78 is 17.8. The van der Waals surface area contributed by atoms with Crippen molar-refractivity contribution in [2.24, 2.45) is 0 Å². The van der Waals surface area contributed by atoms with E-state index in [1.165, 1.54) is 135 Å². The van der Waals surface area contributed by atoms with Gasteiger partial charge in [0.25, 0.3) is 0 Å². The number of hydrogen-bond acceptors (Lipinski definition) is 3. The largest absolute Gasteiger partial charge is 0.500 e. The Hall–Kier alpha value is 0.0969. The average molecular weight is 487 g/mol. The van der Waals surface area contributed by atoms with Gasteiger partial charge in [-0.05, 0) is 27.2 Å². The Morgan fingerprint density at radius 1 is 0.333 bits per heavy atom. The van der Waals surface area contributed by atoms with E-state index in [1.54, 1.807) is 0 Å². The van der Waals surface area contributed by atoms with Crippen LogP contribution in [0.25, 0.3) is 0 Å². The average Bonchev–Trinajstić information content (AvgIpc) is 2.80. The maximum Gasteiger partial charge on any atom is 0.500 e. The Balaban J connectivity index is 3.35. The summed E-state index contributed by atoms with van der Waals surface area (Å²) in [6.45, 7) is 10.5. The smallest absolute Gasteiger partial charge is 0.374 e. The van der Waals surface area contributed by atoms with Crippen molar-refractivity contribution < 1.29 is 13.3 Å². The summed E-state index contributed by atoms with van der Waals surface area (Å²) in [6.07, 6.45) is 29.8. The van der Waals surface area contributed by atoms with E-state index < -0.39 is 8.80 Å². The molecule has 4 heteroatoms. The maximum atomic E-state index is 5.95. The van der Waals surface area contributed by atoms with Crippen LogP contribution in [0.1, 0.15) is 163 Å². The summed E-state index contributed by atoms with van der Waals surface area (Å²) in [7, 11) is -2.41. The Labute approximate surface area is 210 Å².